The Morgan fingerprint density at radius 2 is 2.06 bits per heavy atom. The molecule has 0 aromatic rings. The van der Waals surface area contributed by atoms with E-state index >= 15 is 0 Å². The van der Waals surface area contributed by atoms with Gasteiger partial charge in [-0.25, -0.2) is 4.79 Å². The van der Waals surface area contributed by atoms with Gasteiger partial charge in [0.05, 0.1) is 6.04 Å². The van der Waals surface area contributed by atoms with Gasteiger partial charge in [0.25, 0.3) is 0 Å². The van der Waals surface area contributed by atoms with Crippen LogP contribution >= 0.6 is 0 Å². The highest BCUT2D eigenvalue weighted by atomic mass is 16.4. The fraction of sp³-hybridized carbons (Fsp3) is 0.846. The van der Waals surface area contributed by atoms with Crippen LogP contribution in [0, 0.1) is 5.92 Å². The highest BCUT2D eigenvalue weighted by Crippen LogP contribution is 2.40. The Morgan fingerprint density at radius 3 is 2.67 bits per heavy atom. The maximum atomic E-state index is 12.3. The van der Waals surface area contributed by atoms with Crippen LogP contribution in [0.2, 0.25) is 0 Å². The molecule has 1 saturated heterocycles. The number of hydrogen-bond acceptors (Lipinski definition) is 3. The molecule has 18 heavy (non-hydrogen) atoms. The van der Waals surface area contributed by atoms with Crippen LogP contribution < -0.4 is 5.73 Å². The molecule has 2 fully saturated rings. The first-order valence-corrected chi connectivity index (χ1v) is 6.86. The smallest absolute Gasteiger partial charge is 0.326 e. The Bertz CT molecular complexity index is 345. The number of hydrogen-bond donors (Lipinski definition) is 2. The largest absolute Gasteiger partial charge is 0.480 e. The molecular weight excluding hydrogens is 232 g/mol. The summed E-state index contributed by atoms with van der Waals surface area (Å²) in [4.78, 5) is 25.2. The van der Waals surface area contributed by atoms with E-state index in [9.17, 15) is 14.7 Å². The number of carboxylic acid groups (broad SMARTS) is 1. The normalized spacial score (nSPS) is 33.0. The number of nitrogens with two attached hydrogens (primary N) is 1. The number of carbonyl (C=O) groups is 2. The molecule has 102 valence electrons. The number of carbonyl (C=O) groups excluding carboxylic acids is 1. The average molecular weight is 254 g/mol. The van der Waals surface area contributed by atoms with Gasteiger partial charge in [-0.15, -0.1) is 0 Å². The number of likely N-dealkylation sites (tertiary alicyclic amines) is 1. The lowest BCUT2D eigenvalue weighted by Crippen LogP contribution is -2.52. The van der Waals surface area contributed by atoms with Crippen molar-refractivity contribution in [1.82, 2.24) is 4.90 Å². The van der Waals surface area contributed by atoms with Gasteiger partial charge in [0.15, 0.2) is 0 Å². The molecule has 3 unspecified atom stereocenters. The molecule has 0 aromatic heterocycles. The Kier molecular flexibility index (Phi) is 3.90. The minimum atomic E-state index is -0.888. The second kappa shape index (κ2) is 5.26. The van der Waals surface area contributed by atoms with Crippen LogP contribution in [0.1, 0.15) is 45.4 Å². The topological polar surface area (TPSA) is 83.6 Å². The van der Waals surface area contributed by atoms with E-state index in [-0.39, 0.29) is 11.9 Å². The third-order valence-electron chi connectivity index (χ3n) is 4.38. The maximum Gasteiger partial charge on any atom is 0.326 e. The van der Waals surface area contributed by atoms with Gasteiger partial charge in [-0.2, -0.15) is 0 Å². The van der Waals surface area contributed by atoms with Crippen LogP contribution in [0.4, 0.5) is 0 Å². The Morgan fingerprint density at radius 1 is 1.39 bits per heavy atom. The predicted molar refractivity (Wildman–Crippen MR) is 66.9 cm³/mol. The van der Waals surface area contributed by atoms with Crippen molar-refractivity contribution in [3.63, 3.8) is 0 Å². The number of aliphatic carboxylic acids is 1. The summed E-state index contributed by atoms with van der Waals surface area (Å²) in [5.41, 5.74) is 5.80. The van der Waals surface area contributed by atoms with Crippen molar-refractivity contribution in [1.29, 1.82) is 0 Å². The van der Waals surface area contributed by atoms with Gasteiger partial charge in [-0.3, -0.25) is 4.79 Å². The fourth-order valence-electron chi connectivity index (χ4n) is 3.36. The van der Waals surface area contributed by atoms with E-state index in [0.29, 0.717) is 18.8 Å². The first kappa shape index (κ1) is 13.3. The predicted octanol–water partition coefficient (Wildman–Crippen LogP) is 0.968. The number of rotatable bonds is 3. The molecule has 1 heterocycles. The first-order valence-electron chi connectivity index (χ1n) is 6.86. The van der Waals surface area contributed by atoms with Crippen LogP contribution in [0.15, 0.2) is 0 Å². The third kappa shape index (κ3) is 2.23. The van der Waals surface area contributed by atoms with Crippen molar-refractivity contribution in [2.45, 2.75) is 63.6 Å². The van der Waals surface area contributed by atoms with Gasteiger partial charge in [0.1, 0.15) is 6.04 Å². The molecule has 1 saturated carbocycles. The van der Waals surface area contributed by atoms with Crippen LogP contribution in [0.3, 0.4) is 0 Å². The van der Waals surface area contributed by atoms with E-state index in [4.69, 9.17) is 5.73 Å². The monoisotopic (exact) mass is 254 g/mol. The Hall–Kier alpha value is -1.10. The van der Waals surface area contributed by atoms with Gasteiger partial charge in [0, 0.05) is 6.04 Å². The molecule has 1 aliphatic heterocycles. The molecule has 0 bridgehead atoms. The number of fused-ring (bicyclic) bond motifs is 1. The average Bonchev–Trinajstić information content (AvgIpc) is 2.76. The van der Waals surface area contributed by atoms with Crippen molar-refractivity contribution < 1.29 is 14.7 Å². The molecule has 0 aromatic carbocycles. The summed E-state index contributed by atoms with van der Waals surface area (Å²) < 4.78 is 0. The van der Waals surface area contributed by atoms with Crippen molar-refractivity contribution in [2.24, 2.45) is 11.7 Å². The molecule has 1 amide bonds. The molecule has 2 rings (SSSR count). The molecule has 5 heteroatoms. The van der Waals surface area contributed by atoms with E-state index in [0.717, 1.165) is 25.7 Å². The second-order valence-corrected chi connectivity index (χ2v) is 5.46. The number of amides is 1. The van der Waals surface area contributed by atoms with E-state index in [1.165, 1.54) is 0 Å². The molecule has 1 aliphatic carbocycles. The van der Waals surface area contributed by atoms with Crippen molar-refractivity contribution in [3.8, 4) is 0 Å². The standard InChI is InChI=1S/C13H22N2O3/c1-2-9(14)12(16)15-10-6-4-3-5-8(10)7-11(15)13(17)18/h8-11H,2-7,14H2,1H3,(H,17,18)/t8?,9-,10?,11?/m0/s1. The van der Waals surface area contributed by atoms with Crippen LogP contribution in [-0.4, -0.2) is 40.0 Å². The lowest BCUT2D eigenvalue weighted by molar-refractivity contribution is -0.150. The van der Waals surface area contributed by atoms with E-state index in [1.54, 1.807) is 4.90 Å². The molecule has 3 N–H and O–H groups in total. The molecule has 4 atom stereocenters. The summed E-state index contributed by atoms with van der Waals surface area (Å²) in [7, 11) is 0. The zero-order valence-corrected chi connectivity index (χ0v) is 10.8. The minimum absolute atomic E-state index is 0.102. The zero-order chi connectivity index (χ0) is 13.3. The summed E-state index contributed by atoms with van der Waals surface area (Å²) in [5, 5.41) is 9.30. The lowest BCUT2D eigenvalue weighted by Gasteiger charge is -2.34. The van der Waals surface area contributed by atoms with E-state index in [1.807, 2.05) is 6.92 Å². The van der Waals surface area contributed by atoms with Crippen molar-refractivity contribution >= 4 is 11.9 Å². The van der Waals surface area contributed by atoms with Gasteiger partial charge in [0.2, 0.25) is 5.91 Å². The van der Waals surface area contributed by atoms with Gasteiger partial charge in [-0.1, -0.05) is 19.8 Å². The maximum absolute atomic E-state index is 12.3. The summed E-state index contributed by atoms with van der Waals surface area (Å²) in [6.45, 7) is 1.85. The van der Waals surface area contributed by atoms with Crippen molar-refractivity contribution in [2.75, 3.05) is 0 Å². The Labute approximate surface area is 107 Å². The van der Waals surface area contributed by atoms with Gasteiger partial charge in [-0.05, 0) is 31.6 Å². The van der Waals surface area contributed by atoms with Crippen LogP contribution in [-0.2, 0) is 9.59 Å². The lowest BCUT2D eigenvalue weighted by atomic mass is 9.84. The van der Waals surface area contributed by atoms with Gasteiger partial charge < -0.3 is 15.7 Å². The van der Waals surface area contributed by atoms with Crippen LogP contribution in [0.5, 0.6) is 0 Å². The molecule has 0 spiro atoms. The molecule has 2 aliphatic rings. The summed E-state index contributed by atoms with van der Waals surface area (Å²) in [6.07, 6.45) is 5.35. The van der Waals surface area contributed by atoms with Crippen molar-refractivity contribution in [3.05, 3.63) is 0 Å². The minimum Gasteiger partial charge on any atom is -0.480 e. The summed E-state index contributed by atoms with van der Waals surface area (Å²) in [5.74, 6) is -0.715. The first-order chi connectivity index (χ1) is 8.56. The second-order valence-electron chi connectivity index (χ2n) is 5.46. The molecular formula is C13H22N2O3. The highest BCUT2D eigenvalue weighted by Gasteiger charge is 2.48. The van der Waals surface area contributed by atoms with E-state index < -0.39 is 18.1 Å². The Balaban J connectivity index is 2.21. The SMILES string of the molecule is CC[C@H](N)C(=O)N1C(C(=O)O)CC2CCCCC21. The fourth-order valence-corrected chi connectivity index (χ4v) is 3.36. The quantitative estimate of drug-likeness (QED) is 0.786. The molecule has 5 nitrogen and oxygen atoms in total. The summed E-state index contributed by atoms with van der Waals surface area (Å²) in [6, 6.07) is -1.12. The van der Waals surface area contributed by atoms with E-state index in [2.05, 4.69) is 0 Å². The summed E-state index contributed by atoms with van der Waals surface area (Å²) >= 11 is 0. The number of carboxylic acids is 1. The van der Waals surface area contributed by atoms with Gasteiger partial charge >= 0.3 is 5.97 Å². The third-order valence-corrected chi connectivity index (χ3v) is 4.38. The van der Waals surface area contributed by atoms with Crippen LogP contribution in [0.25, 0.3) is 0 Å². The molecule has 0 radical (unpaired) electrons. The highest BCUT2D eigenvalue weighted by molar-refractivity contribution is 5.87. The number of nitrogens with zero attached hydrogens (tertiary/aromatic N) is 1. The zero-order valence-electron chi connectivity index (χ0n) is 10.8.